The van der Waals surface area contributed by atoms with Crippen molar-refractivity contribution in [1.29, 1.82) is 0 Å². The Hall–Kier alpha value is -4.72. The van der Waals surface area contributed by atoms with Gasteiger partial charge in [-0.05, 0) is 85.4 Å². The third kappa shape index (κ3) is 9.54. The van der Waals surface area contributed by atoms with Crippen molar-refractivity contribution in [3.05, 3.63) is 102 Å². The first-order chi connectivity index (χ1) is 18.8. The molecular formula is C32H34O8. The number of carbonyl (C=O) groups excluding carboxylic acids is 4. The van der Waals surface area contributed by atoms with Crippen LogP contribution < -0.4 is 4.74 Å². The first kappa shape index (κ1) is 31.5. The first-order valence-electron chi connectivity index (χ1n) is 12.3. The van der Waals surface area contributed by atoms with Gasteiger partial charge in [-0.1, -0.05) is 38.4 Å². The largest absolute Gasteiger partial charge is 0.485 e. The number of hydrogen-bond acceptors (Lipinski definition) is 8. The quantitative estimate of drug-likeness (QED) is 0.168. The molecule has 8 nitrogen and oxygen atoms in total. The van der Waals surface area contributed by atoms with Crippen LogP contribution in [0.5, 0.6) is 5.75 Å². The van der Waals surface area contributed by atoms with Gasteiger partial charge >= 0.3 is 17.9 Å². The fraction of sp³-hybridized carbons (Fsp3) is 0.250. The number of ketones is 1. The Morgan fingerprint density at radius 2 is 1.15 bits per heavy atom. The van der Waals surface area contributed by atoms with E-state index in [2.05, 4.69) is 26.3 Å². The highest BCUT2D eigenvalue weighted by molar-refractivity contribution is 5.95. The minimum absolute atomic E-state index is 0.0122. The zero-order chi connectivity index (χ0) is 30.0. The van der Waals surface area contributed by atoms with E-state index >= 15 is 0 Å². The molecule has 40 heavy (non-hydrogen) atoms. The lowest BCUT2D eigenvalue weighted by atomic mass is 9.96. The minimum atomic E-state index is -0.562. The van der Waals surface area contributed by atoms with Crippen LogP contribution in [0, 0.1) is 0 Å². The van der Waals surface area contributed by atoms with Gasteiger partial charge in [0.2, 0.25) is 0 Å². The third-order valence-corrected chi connectivity index (χ3v) is 5.44. The predicted octanol–water partition coefficient (Wildman–Crippen LogP) is 5.74. The average Bonchev–Trinajstić information content (AvgIpc) is 2.91. The van der Waals surface area contributed by atoms with Gasteiger partial charge in [0.1, 0.15) is 25.6 Å². The van der Waals surface area contributed by atoms with Crippen molar-refractivity contribution >= 4 is 23.7 Å². The normalized spacial score (nSPS) is 10.2. The molecule has 0 amide bonds. The van der Waals surface area contributed by atoms with E-state index in [0.29, 0.717) is 39.1 Å². The number of carbonyl (C=O) groups is 4. The Morgan fingerprint density at radius 3 is 1.68 bits per heavy atom. The van der Waals surface area contributed by atoms with Crippen LogP contribution in [-0.4, -0.2) is 30.3 Å². The monoisotopic (exact) mass is 546 g/mol. The SMILES string of the molecule is C=C(C)C(=O)COc1cc(COC(=O)C(=C)C)cc(-c2ccc(COC(=O)C(=C)C)cc2COC(=O)C(=C)C)c1. The second kappa shape index (κ2) is 14.4. The maximum atomic E-state index is 12.1. The molecule has 0 saturated carbocycles. The van der Waals surface area contributed by atoms with E-state index < -0.39 is 17.9 Å². The van der Waals surface area contributed by atoms with Gasteiger partial charge in [-0.2, -0.15) is 0 Å². The summed E-state index contributed by atoms with van der Waals surface area (Å²) in [5.74, 6) is -1.54. The summed E-state index contributed by atoms with van der Waals surface area (Å²) in [6.45, 7) is 20.3. The molecule has 0 saturated heterocycles. The van der Waals surface area contributed by atoms with E-state index in [1.165, 1.54) is 0 Å². The van der Waals surface area contributed by atoms with Gasteiger partial charge < -0.3 is 18.9 Å². The summed E-state index contributed by atoms with van der Waals surface area (Å²) >= 11 is 0. The summed E-state index contributed by atoms with van der Waals surface area (Å²) in [7, 11) is 0. The summed E-state index contributed by atoms with van der Waals surface area (Å²) in [5.41, 5.74) is 4.31. The van der Waals surface area contributed by atoms with E-state index in [-0.39, 0.29) is 48.9 Å². The van der Waals surface area contributed by atoms with Crippen LogP contribution in [0.3, 0.4) is 0 Å². The molecular weight excluding hydrogens is 512 g/mol. The molecule has 0 aromatic heterocycles. The Labute approximate surface area is 234 Å². The molecule has 0 heterocycles. The molecule has 0 N–H and O–H groups in total. The molecule has 0 bridgehead atoms. The molecule has 0 fully saturated rings. The van der Waals surface area contributed by atoms with Crippen LogP contribution in [0.15, 0.2) is 85.0 Å². The lowest BCUT2D eigenvalue weighted by molar-refractivity contribution is -0.141. The fourth-order valence-corrected chi connectivity index (χ4v) is 3.20. The summed E-state index contributed by atoms with van der Waals surface area (Å²) in [6.07, 6.45) is 0. The lowest BCUT2D eigenvalue weighted by Gasteiger charge is -2.16. The smallest absolute Gasteiger partial charge is 0.333 e. The minimum Gasteiger partial charge on any atom is -0.485 e. The number of rotatable bonds is 14. The summed E-state index contributed by atoms with van der Waals surface area (Å²) in [4.78, 5) is 48.1. The molecule has 2 rings (SSSR count). The average molecular weight is 547 g/mol. The zero-order valence-corrected chi connectivity index (χ0v) is 23.4. The van der Waals surface area contributed by atoms with Crippen LogP contribution in [0.2, 0.25) is 0 Å². The number of esters is 3. The summed E-state index contributed by atoms with van der Waals surface area (Å²) in [6, 6.07) is 10.5. The fourth-order valence-electron chi connectivity index (χ4n) is 3.20. The lowest BCUT2D eigenvalue weighted by Crippen LogP contribution is -2.12. The van der Waals surface area contributed by atoms with Gasteiger partial charge in [0.25, 0.3) is 0 Å². The van der Waals surface area contributed by atoms with E-state index in [1.807, 2.05) is 0 Å². The Morgan fingerprint density at radius 1 is 0.625 bits per heavy atom. The van der Waals surface area contributed by atoms with Gasteiger partial charge in [0, 0.05) is 16.7 Å². The second-order valence-corrected chi connectivity index (χ2v) is 9.42. The second-order valence-electron chi connectivity index (χ2n) is 9.42. The maximum Gasteiger partial charge on any atom is 0.333 e. The summed E-state index contributed by atoms with van der Waals surface area (Å²) in [5, 5.41) is 0. The summed E-state index contributed by atoms with van der Waals surface area (Å²) < 4.78 is 21.7. The van der Waals surface area contributed by atoms with Gasteiger partial charge in [-0.25, -0.2) is 14.4 Å². The number of benzene rings is 2. The molecule has 8 heteroatoms. The highest BCUT2D eigenvalue weighted by Gasteiger charge is 2.15. The molecule has 2 aromatic rings. The van der Waals surface area contributed by atoms with E-state index in [4.69, 9.17) is 18.9 Å². The van der Waals surface area contributed by atoms with Crippen molar-refractivity contribution in [1.82, 2.24) is 0 Å². The highest BCUT2D eigenvalue weighted by atomic mass is 16.5. The maximum absolute atomic E-state index is 12.1. The Kier molecular flexibility index (Phi) is 11.4. The highest BCUT2D eigenvalue weighted by Crippen LogP contribution is 2.31. The van der Waals surface area contributed by atoms with Crippen molar-refractivity contribution in [2.45, 2.75) is 47.5 Å². The van der Waals surface area contributed by atoms with Crippen molar-refractivity contribution in [3.8, 4) is 16.9 Å². The van der Waals surface area contributed by atoms with Crippen LogP contribution in [0.25, 0.3) is 11.1 Å². The zero-order valence-electron chi connectivity index (χ0n) is 23.4. The van der Waals surface area contributed by atoms with E-state index in [0.717, 1.165) is 0 Å². The molecule has 210 valence electrons. The van der Waals surface area contributed by atoms with Crippen molar-refractivity contribution in [2.75, 3.05) is 6.61 Å². The van der Waals surface area contributed by atoms with Crippen molar-refractivity contribution in [3.63, 3.8) is 0 Å². The Balaban J connectivity index is 2.52. The predicted molar refractivity (Wildman–Crippen MR) is 151 cm³/mol. The van der Waals surface area contributed by atoms with Crippen molar-refractivity contribution < 1.29 is 38.1 Å². The van der Waals surface area contributed by atoms with Gasteiger partial charge in [0.15, 0.2) is 12.4 Å². The van der Waals surface area contributed by atoms with Crippen LogP contribution in [-0.2, 0) is 53.2 Å². The van der Waals surface area contributed by atoms with Gasteiger partial charge in [0.05, 0.1) is 0 Å². The molecule has 0 aliphatic heterocycles. The standard InChI is InChI=1S/C32H34O8/c1-19(2)29(33)18-37-27-13-24(16-39-31(35)21(5)6)12-25(14-27)28-10-9-23(15-38-30(34)20(3)4)11-26(28)17-40-32(36)22(7)8/h9-14H,1,3,5,7,15-18H2,2,4,6,8H3. The van der Waals surface area contributed by atoms with Gasteiger partial charge in [-0.3, -0.25) is 4.79 Å². The van der Waals surface area contributed by atoms with E-state index in [9.17, 15) is 19.2 Å². The van der Waals surface area contributed by atoms with Crippen LogP contribution in [0.1, 0.15) is 44.4 Å². The third-order valence-electron chi connectivity index (χ3n) is 5.44. The molecule has 0 spiro atoms. The molecule has 0 atom stereocenters. The first-order valence-corrected chi connectivity index (χ1v) is 12.3. The molecule has 0 aliphatic rings. The molecule has 2 aromatic carbocycles. The van der Waals surface area contributed by atoms with Crippen LogP contribution >= 0.6 is 0 Å². The van der Waals surface area contributed by atoms with E-state index in [1.54, 1.807) is 64.1 Å². The number of hydrogen-bond donors (Lipinski definition) is 0. The van der Waals surface area contributed by atoms with Gasteiger partial charge in [-0.15, -0.1) is 0 Å². The van der Waals surface area contributed by atoms with Crippen LogP contribution in [0.4, 0.5) is 0 Å². The topological polar surface area (TPSA) is 105 Å². The molecule has 0 unspecified atom stereocenters. The van der Waals surface area contributed by atoms with Crippen molar-refractivity contribution in [2.24, 2.45) is 0 Å². The Bertz CT molecular complexity index is 1330. The number of ether oxygens (including phenoxy) is 4. The number of Topliss-reactive ketones (excluding diaryl/α,β-unsaturated/α-hetero) is 1. The molecule has 0 aliphatic carbocycles. The molecule has 0 radical (unpaired) electrons.